The number of rotatable bonds is 4. The van der Waals surface area contributed by atoms with Gasteiger partial charge >= 0.3 is 0 Å². The highest BCUT2D eigenvalue weighted by Crippen LogP contribution is 2.42. The summed E-state index contributed by atoms with van der Waals surface area (Å²) in [6, 6.07) is 14.5. The Morgan fingerprint density at radius 1 is 1.09 bits per heavy atom. The van der Waals surface area contributed by atoms with Crippen molar-refractivity contribution in [2.24, 2.45) is 17.0 Å². The minimum Gasteiger partial charge on any atom is -0.299 e. The van der Waals surface area contributed by atoms with Gasteiger partial charge in [0.05, 0.1) is 17.3 Å². The normalized spacial score (nSPS) is 22.2. The quantitative estimate of drug-likeness (QED) is 0.644. The first kappa shape index (κ1) is 19.3. The highest BCUT2D eigenvalue weighted by Gasteiger charge is 2.38. The van der Waals surface area contributed by atoms with Gasteiger partial charge in [-0.05, 0) is 36.7 Å². The third-order valence-corrected chi connectivity index (χ3v) is 6.76. The first-order valence-corrected chi connectivity index (χ1v) is 11.1. The number of aliphatic imine (C=N–C) groups is 2. The van der Waals surface area contributed by atoms with E-state index in [-0.39, 0.29) is 24.2 Å². The van der Waals surface area contributed by atoms with Gasteiger partial charge in [-0.15, -0.1) is 0 Å². The maximum atomic E-state index is 12.6. The molecule has 0 aliphatic carbocycles. The van der Waals surface area contributed by atoms with Gasteiger partial charge in [0.15, 0.2) is 5.78 Å². The molecule has 0 bridgehead atoms. The number of aryl methyl sites for hydroxylation is 1. The van der Waals surface area contributed by atoms with Crippen LogP contribution in [-0.4, -0.2) is 57.0 Å². The van der Waals surface area contributed by atoms with Gasteiger partial charge in [-0.25, -0.2) is 4.98 Å². The minimum absolute atomic E-state index is 0.0336. The molecule has 160 valence electrons. The van der Waals surface area contributed by atoms with E-state index in [1.807, 2.05) is 31.5 Å². The van der Waals surface area contributed by atoms with Gasteiger partial charge in [0.25, 0.3) is 0 Å². The van der Waals surface area contributed by atoms with E-state index in [4.69, 9.17) is 9.98 Å². The molecule has 0 N–H and O–H groups in total. The Morgan fingerprint density at radius 2 is 1.94 bits per heavy atom. The zero-order valence-electron chi connectivity index (χ0n) is 18.0. The number of benzene rings is 2. The van der Waals surface area contributed by atoms with E-state index in [1.165, 1.54) is 25.1 Å². The molecule has 2 atom stereocenters. The number of hydrogen-bond acceptors (Lipinski definition) is 6. The van der Waals surface area contributed by atoms with E-state index >= 15 is 0 Å². The molecule has 4 heterocycles. The van der Waals surface area contributed by atoms with Crippen molar-refractivity contribution in [1.29, 1.82) is 0 Å². The van der Waals surface area contributed by atoms with Crippen LogP contribution in [0.3, 0.4) is 0 Å². The summed E-state index contributed by atoms with van der Waals surface area (Å²) in [7, 11) is 1.90. The predicted octanol–water partition coefficient (Wildman–Crippen LogP) is 3.29. The lowest BCUT2D eigenvalue weighted by molar-refractivity contribution is 0.1000. The Hall–Kier alpha value is -3.45. The molecule has 2 unspecified atom stereocenters. The fraction of sp³-hybridized carbons (Fsp3) is 0.320. The summed E-state index contributed by atoms with van der Waals surface area (Å²) in [6.07, 6.45) is 4.86. The first-order valence-electron chi connectivity index (χ1n) is 11.1. The Bertz CT molecular complexity index is 1250. The third-order valence-electron chi connectivity index (χ3n) is 6.76. The van der Waals surface area contributed by atoms with Gasteiger partial charge in [0, 0.05) is 36.9 Å². The molecular weight excluding hydrogens is 400 g/mol. The van der Waals surface area contributed by atoms with Crippen LogP contribution in [0.2, 0.25) is 0 Å². The maximum absolute atomic E-state index is 12.6. The van der Waals surface area contributed by atoms with Crippen molar-refractivity contribution in [2.45, 2.75) is 24.8 Å². The zero-order valence-corrected chi connectivity index (χ0v) is 18.0. The molecule has 0 amide bonds. The van der Waals surface area contributed by atoms with Crippen LogP contribution in [-0.2, 0) is 13.6 Å². The Labute approximate surface area is 186 Å². The second kappa shape index (κ2) is 7.60. The average molecular weight is 425 g/mol. The number of nitrogens with zero attached hydrogens (tertiary/aromatic N) is 6. The van der Waals surface area contributed by atoms with Crippen molar-refractivity contribution in [3.63, 3.8) is 0 Å². The smallest absolute Gasteiger partial charge is 0.184 e. The summed E-state index contributed by atoms with van der Waals surface area (Å²) in [4.78, 5) is 29.3. The number of hydrogen-bond donors (Lipinski definition) is 0. The lowest BCUT2D eigenvalue weighted by Gasteiger charge is -2.31. The number of likely N-dealkylation sites (tertiary alicyclic amines) is 1. The van der Waals surface area contributed by atoms with Gasteiger partial charge in [0.1, 0.15) is 18.7 Å². The van der Waals surface area contributed by atoms with Crippen LogP contribution >= 0.6 is 0 Å². The zero-order chi connectivity index (χ0) is 21.7. The predicted molar refractivity (Wildman–Crippen MR) is 123 cm³/mol. The van der Waals surface area contributed by atoms with Crippen molar-refractivity contribution in [3.8, 4) is 0 Å². The summed E-state index contributed by atoms with van der Waals surface area (Å²) in [6.45, 7) is 3.52. The largest absolute Gasteiger partial charge is 0.299 e. The lowest BCUT2D eigenvalue weighted by atomic mass is 9.78. The van der Waals surface area contributed by atoms with Gasteiger partial charge in [-0.1, -0.05) is 36.4 Å². The number of carbonyl (C=O) groups is 1. The minimum atomic E-state index is -0.178. The number of aromatic nitrogens is 3. The van der Waals surface area contributed by atoms with E-state index in [0.29, 0.717) is 5.56 Å². The van der Waals surface area contributed by atoms with E-state index < -0.39 is 0 Å². The molecule has 3 aliphatic rings. The maximum Gasteiger partial charge on any atom is 0.184 e. The molecule has 0 saturated carbocycles. The van der Waals surface area contributed by atoms with Crippen LogP contribution in [0.5, 0.6) is 0 Å². The first-order chi connectivity index (χ1) is 15.7. The number of carbonyl (C=O) groups excluding carboxylic acids is 1. The summed E-state index contributed by atoms with van der Waals surface area (Å²) < 4.78 is 1.80. The van der Waals surface area contributed by atoms with Crippen LogP contribution < -0.4 is 0 Å². The molecule has 3 aliphatic heterocycles. The van der Waals surface area contributed by atoms with Crippen molar-refractivity contribution in [1.82, 2.24) is 19.7 Å². The highest BCUT2D eigenvalue weighted by atomic mass is 16.1. The van der Waals surface area contributed by atoms with Gasteiger partial charge in [-0.2, -0.15) is 5.10 Å². The topological polar surface area (TPSA) is 75.7 Å². The molecule has 32 heavy (non-hydrogen) atoms. The van der Waals surface area contributed by atoms with Crippen molar-refractivity contribution in [3.05, 3.63) is 76.9 Å². The fourth-order valence-electron chi connectivity index (χ4n) is 4.93. The molecule has 7 nitrogen and oxygen atoms in total. The van der Waals surface area contributed by atoms with Gasteiger partial charge in [0.2, 0.25) is 0 Å². The molecular formula is C25H24N6O. The molecule has 1 saturated heterocycles. The molecule has 2 aromatic carbocycles. The summed E-state index contributed by atoms with van der Waals surface area (Å²) in [5, 5.41) is 4.33. The van der Waals surface area contributed by atoms with Gasteiger partial charge in [-0.3, -0.25) is 24.4 Å². The molecule has 0 radical (unpaired) electrons. The second-order valence-electron chi connectivity index (χ2n) is 8.72. The molecule has 6 rings (SSSR count). The summed E-state index contributed by atoms with van der Waals surface area (Å²) in [5.41, 5.74) is 5.67. The number of ketones is 1. The van der Waals surface area contributed by atoms with E-state index in [9.17, 15) is 4.79 Å². The van der Waals surface area contributed by atoms with Crippen LogP contribution in [0, 0.1) is 0 Å². The average Bonchev–Trinajstić information content (AvgIpc) is 3.13. The summed E-state index contributed by atoms with van der Waals surface area (Å²) >= 11 is 0. The Morgan fingerprint density at radius 3 is 2.66 bits per heavy atom. The molecule has 1 fully saturated rings. The molecule has 7 heteroatoms. The molecule has 3 aromatic rings. The van der Waals surface area contributed by atoms with Crippen LogP contribution in [0.1, 0.15) is 51.1 Å². The lowest BCUT2D eigenvalue weighted by Crippen LogP contribution is -2.36. The second-order valence-corrected chi connectivity index (χ2v) is 8.72. The van der Waals surface area contributed by atoms with Crippen molar-refractivity contribution >= 4 is 23.4 Å². The molecule has 0 spiro atoms. The Balaban J connectivity index is 1.46. The van der Waals surface area contributed by atoms with E-state index in [0.717, 1.165) is 34.9 Å². The van der Waals surface area contributed by atoms with Crippen molar-refractivity contribution in [2.75, 3.05) is 19.6 Å². The van der Waals surface area contributed by atoms with Crippen LogP contribution in [0.25, 0.3) is 0 Å². The van der Waals surface area contributed by atoms with Gasteiger partial charge < -0.3 is 0 Å². The third kappa shape index (κ3) is 3.12. The van der Waals surface area contributed by atoms with Crippen LogP contribution in [0.4, 0.5) is 5.69 Å². The van der Waals surface area contributed by atoms with E-state index in [2.05, 4.69) is 39.2 Å². The highest BCUT2D eigenvalue weighted by molar-refractivity contribution is 6.21. The molecule has 1 aromatic heterocycles. The SMILES string of the molecule is Cn1ncnc1C1C2=NCC(=O)c3cccc(c32)N=CC1c1ccc(CN2CCC2)cc1. The van der Waals surface area contributed by atoms with Crippen LogP contribution in [0.15, 0.2) is 58.8 Å². The van der Waals surface area contributed by atoms with E-state index in [1.54, 1.807) is 11.0 Å². The summed E-state index contributed by atoms with van der Waals surface area (Å²) in [5.74, 6) is 0.610. The standard InChI is InChI=1S/C25H24N6O/c1-30-25(28-15-29-30)23-19(17-8-6-16(7-9-17)14-31-10-3-11-31)12-26-20-5-2-4-18-21(32)13-27-24(23)22(18)20/h2,4-9,12,15,19,23H,3,10-11,13-14H2,1H3. The Kier molecular flexibility index (Phi) is 4.57. The van der Waals surface area contributed by atoms with Crippen molar-refractivity contribution < 1.29 is 4.79 Å². The number of Topliss-reactive ketones (excluding diaryl/α,β-unsaturated/α-hetero) is 1. The monoisotopic (exact) mass is 424 g/mol. The fourth-order valence-corrected chi connectivity index (χ4v) is 4.93.